The van der Waals surface area contributed by atoms with Crippen molar-refractivity contribution in [1.29, 1.82) is 0 Å². The Morgan fingerprint density at radius 2 is 2.40 bits per heavy atom. The summed E-state index contributed by atoms with van der Waals surface area (Å²) in [7, 11) is 1.80. The lowest BCUT2D eigenvalue weighted by molar-refractivity contribution is -0.149. The number of amides is 1. The van der Waals surface area contributed by atoms with Gasteiger partial charge < -0.3 is 15.2 Å². The summed E-state index contributed by atoms with van der Waals surface area (Å²) in [5.74, 6) is -1.19. The molecule has 2 unspecified atom stereocenters. The van der Waals surface area contributed by atoms with Gasteiger partial charge in [0.05, 0.1) is 12.3 Å². The van der Waals surface area contributed by atoms with Crippen LogP contribution in [0.3, 0.4) is 0 Å². The van der Waals surface area contributed by atoms with Crippen LogP contribution in [0.2, 0.25) is 0 Å². The van der Waals surface area contributed by atoms with E-state index in [1.165, 1.54) is 6.08 Å². The molecule has 1 amide bonds. The van der Waals surface area contributed by atoms with Gasteiger partial charge in [0.15, 0.2) is 6.10 Å². The number of carbonyl (C=O) groups is 2. The quantitative estimate of drug-likeness (QED) is 0.750. The number of aliphatic carboxylic acids is 1. The molecule has 1 aliphatic heterocycles. The zero-order valence-electron chi connectivity index (χ0n) is 11.2. The summed E-state index contributed by atoms with van der Waals surface area (Å²) in [6.45, 7) is 0.319. The van der Waals surface area contributed by atoms with E-state index in [-0.39, 0.29) is 12.0 Å². The van der Waals surface area contributed by atoms with Crippen LogP contribution in [0.25, 0.3) is 6.08 Å². The molecule has 2 atom stereocenters. The van der Waals surface area contributed by atoms with E-state index >= 15 is 0 Å². The van der Waals surface area contributed by atoms with Gasteiger partial charge in [0.2, 0.25) is 5.91 Å². The Kier molecular flexibility index (Phi) is 4.52. The molecule has 7 heteroatoms. The van der Waals surface area contributed by atoms with Gasteiger partial charge in [-0.1, -0.05) is 0 Å². The predicted molar refractivity (Wildman–Crippen MR) is 70.8 cm³/mol. The zero-order chi connectivity index (χ0) is 14.5. The standard InChI is InChI=1S/C13H17N3O4/c1-16-8-9(6-15-16)2-5-12(17)14-7-10-3-4-11(20-10)13(18)19/h2,5-6,8,10-11H,3-4,7H2,1H3,(H,14,17)(H,18,19)/b5-2+. The fourth-order valence-corrected chi connectivity index (χ4v) is 2.01. The van der Waals surface area contributed by atoms with Gasteiger partial charge in [-0.2, -0.15) is 5.10 Å². The van der Waals surface area contributed by atoms with Gasteiger partial charge in [0.1, 0.15) is 0 Å². The summed E-state index contributed by atoms with van der Waals surface area (Å²) in [6.07, 6.45) is 6.68. The number of nitrogens with zero attached hydrogens (tertiary/aromatic N) is 2. The highest BCUT2D eigenvalue weighted by Crippen LogP contribution is 2.19. The molecule has 20 heavy (non-hydrogen) atoms. The molecule has 7 nitrogen and oxygen atoms in total. The van der Waals surface area contributed by atoms with E-state index in [0.717, 1.165) is 5.56 Å². The van der Waals surface area contributed by atoms with Crippen LogP contribution in [0, 0.1) is 0 Å². The summed E-state index contributed by atoms with van der Waals surface area (Å²) < 4.78 is 6.94. The average molecular weight is 279 g/mol. The first kappa shape index (κ1) is 14.3. The van der Waals surface area contributed by atoms with Crippen molar-refractivity contribution in [2.45, 2.75) is 25.0 Å². The third-order valence-electron chi connectivity index (χ3n) is 3.04. The molecule has 1 saturated heterocycles. The molecular formula is C13H17N3O4. The fraction of sp³-hybridized carbons (Fsp3) is 0.462. The Morgan fingerprint density at radius 1 is 1.60 bits per heavy atom. The maximum atomic E-state index is 11.6. The second-order valence-corrected chi connectivity index (χ2v) is 4.69. The maximum absolute atomic E-state index is 11.6. The molecule has 1 aliphatic rings. The van der Waals surface area contributed by atoms with Crippen molar-refractivity contribution in [1.82, 2.24) is 15.1 Å². The topological polar surface area (TPSA) is 93.5 Å². The second-order valence-electron chi connectivity index (χ2n) is 4.69. The van der Waals surface area contributed by atoms with Crippen LogP contribution in [0.1, 0.15) is 18.4 Å². The molecule has 108 valence electrons. The highest BCUT2D eigenvalue weighted by Gasteiger charge is 2.30. The van der Waals surface area contributed by atoms with Crippen molar-refractivity contribution in [3.8, 4) is 0 Å². The van der Waals surface area contributed by atoms with E-state index in [0.29, 0.717) is 19.4 Å². The third-order valence-corrected chi connectivity index (χ3v) is 3.04. The number of aryl methyl sites for hydroxylation is 1. The van der Waals surface area contributed by atoms with Gasteiger partial charge in [-0.15, -0.1) is 0 Å². The number of ether oxygens (including phenoxy) is 1. The molecule has 2 rings (SSSR count). The molecule has 2 heterocycles. The Hall–Kier alpha value is -2.15. The molecule has 1 aromatic rings. The third kappa shape index (κ3) is 3.92. The number of carbonyl (C=O) groups excluding carboxylic acids is 1. The van der Waals surface area contributed by atoms with E-state index in [1.807, 2.05) is 0 Å². The van der Waals surface area contributed by atoms with Crippen LogP contribution in [-0.4, -0.2) is 45.5 Å². The molecule has 1 aromatic heterocycles. The van der Waals surface area contributed by atoms with E-state index in [9.17, 15) is 9.59 Å². The Morgan fingerprint density at radius 3 is 3.00 bits per heavy atom. The molecule has 0 radical (unpaired) electrons. The number of hydrogen-bond donors (Lipinski definition) is 2. The van der Waals surface area contributed by atoms with Crippen molar-refractivity contribution >= 4 is 18.0 Å². The highest BCUT2D eigenvalue weighted by atomic mass is 16.5. The Balaban J connectivity index is 1.73. The van der Waals surface area contributed by atoms with Gasteiger partial charge in [-0.05, 0) is 18.9 Å². The summed E-state index contributed by atoms with van der Waals surface area (Å²) >= 11 is 0. The lowest BCUT2D eigenvalue weighted by Crippen LogP contribution is -2.32. The van der Waals surface area contributed by atoms with Crippen LogP contribution in [-0.2, 0) is 21.4 Å². The van der Waals surface area contributed by atoms with E-state index in [4.69, 9.17) is 9.84 Å². The van der Waals surface area contributed by atoms with Crippen molar-refractivity contribution in [2.75, 3.05) is 6.54 Å². The molecule has 0 aliphatic carbocycles. The van der Waals surface area contributed by atoms with Gasteiger partial charge in [-0.3, -0.25) is 9.48 Å². The van der Waals surface area contributed by atoms with Crippen LogP contribution in [0.5, 0.6) is 0 Å². The summed E-state index contributed by atoms with van der Waals surface area (Å²) in [4.78, 5) is 22.3. The largest absolute Gasteiger partial charge is 0.479 e. The van der Waals surface area contributed by atoms with Crippen LogP contribution < -0.4 is 5.32 Å². The van der Waals surface area contributed by atoms with Gasteiger partial charge >= 0.3 is 5.97 Å². The summed E-state index contributed by atoms with van der Waals surface area (Å²) in [5.41, 5.74) is 0.839. The van der Waals surface area contributed by atoms with E-state index < -0.39 is 12.1 Å². The van der Waals surface area contributed by atoms with E-state index in [2.05, 4.69) is 10.4 Å². The van der Waals surface area contributed by atoms with Crippen molar-refractivity contribution in [2.24, 2.45) is 7.05 Å². The monoisotopic (exact) mass is 279 g/mol. The summed E-state index contributed by atoms with van der Waals surface area (Å²) in [6, 6.07) is 0. The smallest absolute Gasteiger partial charge is 0.332 e. The summed E-state index contributed by atoms with van der Waals surface area (Å²) in [5, 5.41) is 15.5. The van der Waals surface area contributed by atoms with Gasteiger partial charge in [0.25, 0.3) is 0 Å². The minimum absolute atomic E-state index is 0.230. The predicted octanol–water partition coefficient (Wildman–Crippen LogP) is 0.182. The van der Waals surface area contributed by atoms with Crippen LogP contribution in [0.15, 0.2) is 18.5 Å². The van der Waals surface area contributed by atoms with Gasteiger partial charge in [0, 0.05) is 31.4 Å². The molecule has 0 saturated carbocycles. The molecule has 0 spiro atoms. The van der Waals surface area contributed by atoms with Crippen LogP contribution in [0.4, 0.5) is 0 Å². The zero-order valence-corrected chi connectivity index (χ0v) is 11.2. The number of carboxylic acids is 1. The SMILES string of the molecule is Cn1cc(/C=C/C(=O)NCC2CCC(C(=O)O)O2)cn1. The fourth-order valence-electron chi connectivity index (χ4n) is 2.01. The Bertz CT molecular complexity index is 523. The van der Waals surface area contributed by atoms with Crippen LogP contribution >= 0.6 is 0 Å². The van der Waals surface area contributed by atoms with Crippen molar-refractivity contribution in [3.63, 3.8) is 0 Å². The first-order valence-corrected chi connectivity index (χ1v) is 6.37. The van der Waals surface area contributed by atoms with E-state index in [1.54, 1.807) is 30.2 Å². The highest BCUT2D eigenvalue weighted by molar-refractivity contribution is 5.91. The number of nitrogens with one attached hydrogen (secondary N) is 1. The first-order valence-electron chi connectivity index (χ1n) is 6.37. The minimum atomic E-state index is -0.949. The average Bonchev–Trinajstić information content (AvgIpc) is 3.03. The number of hydrogen-bond acceptors (Lipinski definition) is 4. The molecule has 2 N–H and O–H groups in total. The normalized spacial score (nSPS) is 22.2. The minimum Gasteiger partial charge on any atom is -0.479 e. The molecule has 0 aromatic carbocycles. The molecular weight excluding hydrogens is 262 g/mol. The second kappa shape index (κ2) is 6.33. The number of rotatable bonds is 5. The first-order chi connectivity index (χ1) is 9.54. The van der Waals surface area contributed by atoms with Crippen molar-refractivity contribution < 1.29 is 19.4 Å². The lowest BCUT2D eigenvalue weighted by Gasteiger charge is -2.11. The molecule has 0 bridgehead atoms. The Labute approximate surface area is 116 Å². The molecule has 1 fully saturated rings. The van der Waals surface area contributed by atoms with Gasteiger partial charge in [-0.25, -0.2) is 4.79 Å². The van der Waals surface area contributed by atoms with Crippen molar-refractivity contribution in [3.05, 3.63) is 24.0 Å². The number of carboxylic acid groups (broad SMARTS) is 1. The maximum Gasteiger partial charge on any atom is 0.332 e. The number of aromatic nitrogens is 2. The lowest BCUT2D eigenvalue weighted by atomic mass is 10.2.